The van der Waals surface area contributed by atoms with Gasteiger partial charge in [-0.1, -0.05) is 18.2 Å². The van der Waals surface area contributed by atoms with Crippen molar-refractivity contribution >= 4 is 17.6 Å². The van der Waals surface area contributed by atoms with Crippen LogP contribution in [0.3, 0.4) is 0 Å². The Morgan fingerprint density at radius 2 is 2.16 bits per heavy atom. The zero-order valence-electron chi connectivity index (χ0n) is 15.1. The quantitative estimate of drug-likeness (QED) is 0.523. The first kappa shape index (κ1) is 17.7. The van der Waals surface area contributed by atoms with Gasteiger partial charge in [-0.15, -0.1) is 0 Å². The molecule has 2 aliphatic rings. The maximum Gasteiger partial charge on any atom is 0.225 e. The molecule has 136 valence electrons. The second kappa shape index (κ2) is 7.87. The average Bonchev–Trinajstić information content (AvgIpc) is 3.40. The van der Waals surface area contributed by atoms with E-state index in [4.69, 9.17) is 4.74 Å². The molecule has 3 rings (SSSR count). The average molecular weight is 344 g/mol. The van der Waals surface area contributed by atoms with Gasteiger partial charge in [0.05, 0.1) is 0 Å². The topological polar surface area (TPSA) is 74.8 Å². The molecule has 1 saturated carbocycles. The van der Waals surface area contributed by atoms with Crippen LogP contribution in [-0.2, 0) is 9.53 Å². The number of hydrogen-bond acceptors (Lipinski definition) is 3. The van der Waals surface area contributed by atoms with Crippen LogP contribution in [-0.4, -0.2) is 45.7 Å². The Morgan fingerprint density at radius 1 is 1.36 bits per heavy atom. The lowest BCUT2D eigenvalue weighted by molar-refractivity contribution is -0.116. The van der Waals surface area contributed by atoms with Crippen LogP contribution in [0, 0.1) is 5.41 Å². The molecule has 1 aromatic carbocycles. The molecular formula is C19H28N4O2. The lowest BCUT2D eigenvalue weighted by Gasteiger charge is -2.26. The smallest absolute Gasteiger partial charge is 0.225 e. The van der Waals surface area contributed by atoms with E-state index in [0.29, 0.717) is 18.4 Å². The first-order valence-electron chi connectivity index (χ1n) is 8.98. The highest BCUT2D eigenvalue weighted by Crippen LogP contribution is 2.48. The van der Waals surface area contributed by atoms with Crippen molar-refractivity contribution in [1.29, 1.82) is 0 Å². The summed E-state index contributed by atoms with van der Waals surface area (Å²) in [5.41, 5.74) is 2.47. The standard InChI is InChI=1S/C19H28N4O2/c1-20-18(22-13-19(7-8-19)9-10-25-2)21-12-14-11-17(24)23-16-6-4-3-5-15(14)16/h3-6,14H,7-13H2,1-2H3,(H,23,24)(H2,20,21,22). The summed E-state index contributed by atoms with van der Waals surface area (Å²) in [5, 5.41) is 9.76. The Bertz CT molecular complexity index is 640. The van der Waals surface area contributed by atoms with Crippen LogP contribution in [0.2, 0.25) is 0 Å². The molecule has 1 aliphatic carbocycles. The van der Waals surface area contributed by atoms with Crippen LogP contribution < -0.4 is 16.0 Å². The molecule has 25 heavy (non-hydrogen) atoms. The van der Waals surface area contributed by atoms with E-state index < -0.39 is 0 Å². The number of amides is 1. The molecule has 1 aromatic rings. The molecule has 6 nitrogen and oxygen atoms in total. The number of nitrogens with zero attached hydrogens (tertiary/aromatic N) is 1. The first-order valence-corrected chi connectivity index (χ1v) is 8.98. The van der Waals surface area contributed by atoms with Gasteiger partial charge >= 0.3 is 0 Å². The molecule has 1 fully saturated rings. The van der Waals surface area contributed by atoms with E-state index >= 15 is 0 Å². The third-order valence-corrected chi connectivity index (χ3v) is 5.27. The predicted molar refractivity (Wildman–Crippen MR) is 100.0 cm³/mol. The van der Waals surface area contributed by atoms with Crippen molar-refractivity contribution in [2.24, 2.45) is 10.4 Å². The fraction of sp³-hybridized carbons (Fsp3) is 0.579. The fourth-order valence-corrected chi connectivity index (χ4v) is 3.41. The number of aliphatic imine (C=N–C) groups is 1. The number of carbonyl (C=O) groups excluding carboxylic acids is 1. The molecule has 1 amide bonds. The highest BCUT2D eigenvalue weighted by molar-refractivity contribution is 5.94. The Kier molecular flexibility index (Phi) is 5.58. The van der Waals surface area contributed by atoms with Gasteiger partial charge in [-0.05, 0) is 36.3 Å². The lowest BCUT2D eigenvalue weighted by Crippen LogP contribution is -2.43. The summed E-state index contributed by atoms with van der Waals surface area (Å²) >= 11 is 0. The summed E-state index contributed by atoms with van der Waals surface area (Å²) in [6, 6.07) is 8.01. The number of hydrogen-bond donors (Lipinski definition) is 3. The van der Waals surface area contributed by atoms with Gasteiger partial charge in [0.2, 0.25) is 5.91 Å². The van der Waals surface area contributed by atoms with E-state index in [1.807, 2.05) is 18.2 Å². The summed E-state index contributed by atoms with van der Waals surface area (Å²) in [6.07, 6.45) is 4.08. The van der Waals surface area contributed by atoms with E-state index in [1.165, 1.54) is 18.4 Å². The van der Waals surface area contributed by atoms with Gasteiger partial charge in [0, 0.05) is 51.9 Å². The number of anilines is 1. The molecule has 1 atom stereocenters. The fourth-order valence-electron chi connectivity index (χ4n) is 3.41. The second-order valence-electron chi connectivity index (χ2n) is 7.09. The van der Waals surface area contributed by atoms with Crippen LogP contribution in [0.25, 0.3) is 0 Å². The van der Waals surface area contributed by atoms with E-state index in [9.17, 15) is 4.79 Å². The highest BCUT2D eigenvalue weighted by Gasteiger charge is 2.41. The van der Waals surface area contributed by atoms with Crippen molar-refractivity contribution in [1.82, 2.24) is 10.6 Å². The first-order chi connectivity index (χ1) is 12.2. The number of para-hydroxylation sites is 1. The summed E-state index contributed by atoms with van der Waals surface area (Å²) in [6.45, 7) is 2.41. The van der Waals surface area contributed by atoms with Crippen molar-refractivity contribution in [3.8, 4) is 0 Å². The molecule has 1 aliphatic heterocycles. The number of guanidine groups is 1. The molecule has 1 unspecified atom stereocenters. The summed E-state index contributed by atoms with van der Waals surface area (Å²) in [4.78, 5) is 16.2. The molecule has 0 saturated heterocycles. The molecule has 0 radical (unpaired) electrons. The van der Waals surface area contributed by atoms with E-state index in [-0.39, 0.29) is 11.8 Å². The lowest BCUT2D eigenvalue weighted by atomic mass is 9.90. The largest absolute Gasteiger partial charge is 0.385 e. The molecule has 3 N–H and O–H groups in total. The van der Waals surface area contributed by atoms with Crippen LogP contribution in [0.5, 0.6) is 0 Å². The summed E-state index contributed by atoms with van der Waals surface area (Å²) in [5.74, 6) is 1.03. The predicted octanol–water partition coefficient (Wildman–Crippen LogP) is 2.09. The maximum atomic E-state index is 11.9. The van der Waals surface area contributed by atoms with Gasteiger partial charge in [-0.3, -0.25) is 9.79 Å². The van der Waals surface area contributed by atoms with Crippen LogP contribution in [0.4, 0.5) is 5.69 Å². The molecule has 6 heteroatoms. The number of carbonyl (C=O) groups is 1. The number of fused-ring (bicyclic) bond motifs is 1. The van der Waals surface area contributed by atoms with Crippen LogP contribution in [0.1, 0.15) is 37.2 Å². The number of nitrogens with one attached hydrogen (secondary N) is 3. The van der Waals surface area contributed by atoms with Gasteiger partial charge < -0.3 is 20.7 Å². The van der Waals surface area contributed by atoms with Gasteiger partial charge in [0.1, 0.15) is 0 Å². The van der Waals surface area contributed by atoms with Crippen LogP contribution >= 0.6 is 0 Å². The van der Waals surface area contributed by atoms with Gasteiger partial charge in [-0.2, -0.15) is 0 Å². The molecular weight excluding hydrogens is 316 g/mol. The minimum absolute atomic E-state index is 0.0740. The zero-order chi connectivity index (χ0) is 17.7. The van der Waals surface area contributed by atoms with E-state index in [1.54, 1.807) is 14.2 Å². The SMILES string of the molecule is CN=C(NCC1CC(=O)Nc2ccccc21)NCC1(CCOC)CC1. The Balaban J connectivity index is 1.53. The second-order valence-corrected chi connectivity index (χ2v) is 7.09. The van der Waals surface area contributed by atoms with E-state index in [0.717, 1.165) is 31.2 Å². The molecule has 0 aromatic heterocycles. The van der Waals surface area contributed by atoms with Crippen molar-refractivity contribution in [2.75, 3.05) is 39.2 Å². The van der Waals surface area contributed by atoms with Gasteiger partial charge in [-0.25, -0.2) is 0 Å². The number of benzene rings is 1. The third kappa shape index (κ3) is 4.51. The Morgan fingerprint density at radius 3 is 2.88 bits per heavy atom. The van der Waals surface area contributed by atoms with Gasteiger partial charge in [0.25, 0.3) is 0 Å². The minimum Gasteiger partial charge on any atom is -0.385 e. The molecule has 0 spiro atoms. The summed E-state index contributed by atoms with van der Waals surface area (Å²) < 4.78 is 5.21. The number of methoxy groups -OCH3 is 1. The summed E-state index contributed by atoms with van der Waals surface area (Å²) in [7, 11) is 3.54. The van der Waals surface area contributed by atoms with Gasteiger partial charge in [0.15, 0.2) is 5.96 Å². The number of rotatable bonds is 7. The van der Waals surface area contributed by atoms with Crippen molar-refractivity contribution < 1.29 is 9.53 Å². The minimum atomic E-state index is 0.0740. The van der Waals surface area contributed by atoms with Crippen molar-refractivity contribution in [2.45, 2.75) is 31.6 Å². The maximum absolute atomic E-state index is 11.9. The molecule has 1 heterocycles. The van der Waals surface area contributed by atoms with Crippen molar-refractivity contribution in [3.63, 3.8) is 0 Å². The van der Waals surface area contributed by atoms with Crippen molar-refractivity contribution in [3.05, 3.63) is 29.8 Å². The number of ether oxygens (including phenoxy) is 1. The zero-order valence-corrected chi connectivity index (χ0v) is 15.1. The normalized spacial score (nSPS) is 21.3. The monoisotopic (exact) mass is 344 g/mol. The third-order valence-electron chi connectivity index (χ3n) is 5.27. The van der Waals surface area contributed by atoms with E-state index in [2.05, 4.69) is 27.0 Å². The molecule has 0 bridgehead atoms. The highest BCUT2D eigenvalue weighted by atomic mass is 16.5. The Hall–Kier alpha value is -2.08. The van der Waals surface area contributed by atoms with Crippen LogP contribution in [0.15, 0.2) is 29.3 Å². The Labute approximate surface area is 149 Å².